The summed E-state index contributed by atoms with van der Waals surface area (Å²) in [5, 5.41) is 2.55. The Morgan fingerprint density at radius 3 is 1.82 bits per heavy atom. The first-order valence-corrected chi connectivity index (χ1v) is 13.5. The molecule has 1 aliphatic rings. The Morgan fingerprint density at radius 2 is 1.05 bits per heavy atom. The van der Waals surface area contributed by atoms with Crippen molar-refractivity contribution in [2.75, 3.05) is 4.81 Å². The zero-order chi connectivity index (χ0) is 25.8. The van der Waals surface area contributed by atoms with Gasteiger partial charge < -0.3 is 9.38 Å². The van der Waals surface area contributed by atoms with Gasteiger partial charge in [0.25, 0.3) is 0 Å². The van der Waals surface area contributed by atoms with Crippen molar-refractivity contribution in [3.63, 3.8) is 0 Å². The molecule has 0 fully saturated rings. The van der Waals surface area contributed by atoms with Crippen molar-refractivity contribution in [1.29, 1.82) is 0 Å². The van der Waals surface area contributed by atoms with Gasteiger partial charge in [0.15, 0.2) is 0 Å². The number of anilines is 2. The lowest BCUT2D eigenvalue weighted by molar-refractivity contribution is 1.18. The lowest BCUT2D eigenvalue weighted by Gasteiger charge is -2.39. The summed E-state index contributed by atoms with van der Waals surface area (Å²) in [4.78, 5) is 2.51. The fourth-order valence-corrected chi connectivity index (χ4v) is 6.38. The predicted molar refractivity (Wildman–Crippen MR) is 166 cm³/mol. The normalized spacial score (nSPS) is 12.5. The average Bonchev–Trinajstić information content (AvgIpc) is 3.34. The highest BCUT2D eigenvalue weighted by molar-refractivity contribution is 6.91. The minimum absolute atomic E-state index is 0.0433. The first kappa shape index (κ1) is 22.0. The van der Waals surface area contributed by atoms with Gasteiger partial charge in [0.1, 0.15) is 0 Å². The zero-order valence-electron chi connectivity index (χ0n) is 21.4. The number of fused-ring (bicyclic) bond motifs is 6. The molecule has 7 aromatic rings. The van der Waals surface area contributed by atoms with Gasteiger partial charge in [0, 0.05) is 33.4 Å². The van der Waals surface area contributed by atoms with Gasteiger partial charge in [0.05, 0.1) is 11.0 Å². The van der Waals surface area contributed by atoms with Crippen LogP contribution < -0.4 is 15.7 Å². The second kappa shape index (κ2) is 8.78. The molecular weight excluding hydrogens is 471 g/mol. The van der Waals surface area contributed by atoms with Gasteiger partial charge in [-0.1, -0.05) is 115 Å². The number of benzene rings is 6. The summed E-state index contributed by atoms with van der Waals surface area (Å²) >= 11 is 0. The largest absolute Gasteiger partial charge is 0.376 e. The van der Waals surface area contributed by atoms with Crippen LogP contribution in [0.2, 0.25) is 0 Å². The highest BCUT2D eigenvalue weighted by Crippen LogP contribution is 2.42. The van der Waals surface area contributed by atoms with E-state index in [4.69, 9.17) is 0 Å². The second-order valence-electron chi connectivity index (χ2n) is 10.2. The van der Waals surface area contributed by atoms with E-state index in [9.17, 15) is 0 Å². The van der Waals surface area contributed by atoms with Gasteiger partial charge in [-0.2, -0.15) is 0 Å². The van der Waals surface area contributed by atoms with E-state index in [1.807, 2.05) is 0 Å². The van der Waals surface area contributed by atoms with Crippen LogP contribution in [0.25, 0.3) is 38.6 Å². The fraction of sp³-hybridized carbons (Fsp3) is 0. The molecule has 0 aliphatic carbocycles. The third kappa shape index (κ3) is 3.37. The third-order valence-electron chi connectivity index (χ3n) is 8.01. The fourth-order valence-electron chi connectivity index (χ4n) is 6.38. The van der Waals surface area contributed by atoms with Crippen molar-refractivity contribution in [1.82, 2.24) is 4.57 Å². The third-order valence-corrected chi connectivity index (χ3v) is 8.01. The molecular formula is C36H25BN2. The lowest BCUT2D eigenvalue weighted by atomic mass is 9.45. The summed E-state index contributed by atoms with van der Waals surface area (Å²) in [6, 6.07) is 54.9. The summed E-state index contributed by atoms with van der Waals surface area (Å²) in [6.45, 7) is 0.0433. The average molecular weight is 496 g/mol. The Bertz CT molecular complexity index is 1960. The molecule has 8 rings (SSSR count). The molecule has 0 saturated carbocycles. The molecule has 182 valence electrons. The SMILES string of the molecule is c1ccc(B2c3cc4c5ccccc5n(-c5ccccc5)c4cc3-c3ccccc3N2c2ccccc2)cc1. The molecule has 39 heavy (non-hydrogen) atoms. The quantitative estimate of drug-likeness (QED) is 0.228. The van der Waals surface area contributed by atoms with Gasteiger partial charge >= 0.3 is 6.85 Å². The molecule has 0 saturated heterocycles. The van der Waals surface area contributed by atoms with E-state index in [1.165, 1.54) is 60.9 Å². The van der Waals surface area contributed by atoms with Crippen LogP contribution in [0.4, 0.5) is 11.4 Å². The second-order valence-corrected chi connectivity index (χ2v) is 10.2. The minimum atomic E-state index is 0.0433. The summed E-state index contributed by atoms with van der Waals surface area (Å²) in [5.41, 5.74) is 11.2. The van der Waals surface area contributed by atoms with Crippen LogP contribution in [0.15, 0.2) is 152 Å². The topological polar surface area (TPSA) is 8.17 Å². The first-order chi connectivity index (χ1) is 19.4. The van der Waals surface area contributed by atoms with E-state index in [-0.39, 0.29) is 6.85 Å². The molecule has 1 aromatic heterocycles. The first-order valence-electron chi connectivity index (χ1n) is 13.5. The Balaban J connectivity index is 1.51. The van der Waals surface area contributed by atoms with Gasteiger partial charge in [-0.15, -0.1) is 0 Å². The van der Waals surface area contributed by atoms with Crippen molar-refractivity contribution >= 4 is 51.0 Å². The highest BCUT2D eigenvalue weighted by Gasteiger charge is 2.37. The van der Waals surface area contributed by atoms with Crippen LogP contribution in [0, 0.1) is 0 Å². The monoisotopic (exact) mass is 496 g/mol. The smallest absolute Gasteiger partial charge is 0.328 e. The van der Waals surface area contributed by atoms with Gasteiger partial charge in [0.2, 0.25) is 0 Å². The van der Waals surface area contributed by atoms with E-state index in [0.717, 1.165) is 0 Å². The molecule has 0 unspecified atom stereocenters. The Hall–Kier alpha value is -5.02. The predicted octanol–water partition coefficient (Wildman–Crippen LogP) is 7.71. The Kier molecular flexibility index (Phi) is 4.96. The molecule has 2 heterocycles. The van der Waals surface area contributed by atoms with Crippen LogP contribution in [-0.4, -0.2) is 11.4 Å². The van der Waals surface area contributed by atoms with Crippen LogP contribution >= 0.6 is 0 Å². The summed E-state index contributed by atoms with van der Waals surface area (Å²) in [6.07, 6.45) is 0. The molecule has 0 spiro atoms. The molecule has 3 heteroatoms. The van der Waals surface area contributed by atoms with E-state index in [0.29, 0.717) is 0 Å². The summed E-state index contributed by atoms with van der Waals surface area (Å²) in [7, 11) is 0. The van der Waals surface area contributed by atoms with Crippen molar-refractivity contribution in [2.45, 2.75) is 0 Å². The molecule has 2 nitrogen and oxygen atoms in total. The van der Waals surface area contributed by atoms with E-state index in [2.05, 4.69) is 161 Å². The molecule has 0 amide bonds. The van der Waals surface area contributed by atoms with Crippen LogP contribution in [0.3, 0.4) is 0 Å². The number of hydrogen-bond donors (Lipinski definition) is 0. The van der Waals surface area contributed by atoms with Crippen molar-refractivity contribution in [2.24, 2.45) is 0 Å². The number of aromatic nitrogens is 1. The van der Waals surface area contributed by atoms with Crippen LogP contribution in [-0.2, 0) is 0 Å². The van der Waals surface area contributed by atoms with Gasteiger partial charge in [-0.25, -0.2) is 0 Å². The van der Waals surface area contributed by atoms with E-state index < -0.39 is 0 Å². The number of para-hydroxylation sites is 4. The standard InChI is InChI=1S/C36H25BN2/c1-4-14-26(15-5-1)37-33-24-32-30-21-10-12-22-34(30)38(27-16-6-2-7-17-27)36(32)25-31(33)29-20-11-13-23-35(29)39(37)28-18-8-3-9-19-28/h1-25H. The summed E-state index contributed by atoms with van der Waals surface area (Å²) in [5.74, 6) is 0. The van der Waals surface area contributed by atoms with Crippen LogP contribution in [0.1, 0.15) is 0 Å². The lowest BCUT2D eigenvalue weighted by Crippen LogP contribution is -2.57. The summed E-state index contributed by atoms with van der Waals surface area (Å²) < 4.78 is 2.41. The molecule has 1 aliphatic heterocycles. The van der Waals surface area contributed by atoms with E-state index >= 15 is 0 Å². The maximum absolute atomic E-state index is 2.51. The van der Waals surface area contributed by atoms with Crippen LogP contribution in [0.5, 0.6) is 0 Å². The maximum atomic E-state index is 2.51. The molecule has 0 N–H and O–H groups in total. The van der Waals surface area contributed by atoms with Gasteiger partial charge in [-0.05, 0) is 53.5 Å². The molecule has 6 aromatic carbocycles. The minimum Gasteiger partial charge on any atom is -0.376 e. The maximum Gasteiger partial charge on any atom is 0.328 e. The molecule has 0 radical (unpaired) electrons. The van der Waals surface area contributed by atoms with Crippen molar-refractivity contribution in [3.8, 4) is 16.8 Å². The van der Waals surface area contributed by atoms with Crippen molar-refractivity contribution < 1.29 is 0 Å². The number of rotatable bonds is 3. The van der Waals surface area contributed by atoms with Crippen molar-refractivity contribution in [3.05, 3.63) is 152 Å². The Labute approximate surface area is 228 Å². The molecule has 0 atom stereocenters. The highest BCUT2D eigenvalue weighted by atomic mass is 15.1. The number of nitrogens with zero attached hydrogens (tertiary/aromatic N) is 2. The Morgan fingerprint density at radius 1 is 0.436 bits per heavy atom. The number of hydrogen-bond acceptors (Lipinski definition) is 1. The molecule has 0 bridgehead atoms. The van der Waals surface area contributed by atoms with Gasteiger partial charge in [-0.3, -0.25) is 0 Å². The van der Waals surface area contributed by atoms with E-state index in [1.54, 1.807) is 0 Å². The zero-order valence-corrected chi connectivity index (χ0v) is 21.4.